The van der Waals surface area contributed by atoms with Crippen LogP contribution in [0.15, 0.2) is 0 Å². The van der Waals surface area contributed by atoms with Gasteiger partial charge in [0.1, 0.15) is 0 Å². The standard InChI is InChI=1S/C12H25N3O3/c1-9(2)10(3)15-12(17)8-13-7-11(16)14-5-6-18-4/h9-10,13H,5-8H2,1-4H3,(H,14,16)(H,15,17). The second kappa shape index (κ2) is 9.85. The van der Waals surface area contributed by atoms with E-state index >= 15 is 0 Å². The lowest BCUT2D eigenvalue weighted by molar-refractivity contribution is -0.122. The number of hydrogen-bond acceptors (Lipinski definition) is 4. The summed E-state index contributed by atoms with van der Waals surface area (Å²) in [5, 5.41) is 8.30. The highest BCUT2D eigenvalue weighted by Gasteiger charge is 2.10. The fourth-order valence-corrected chi connectivity index (χ4v) is 1.12. The molecule has 1 atom stereocenters. The van der Waals surface area contributed by atoms with Crippen LogP contribution < -0.4 is 16.0 Å². The number of amides is 2. The Balaban J connectivity index is 3.58. The Hall–Kier alpha value is -1.14. The van der Waals surface area contributed by atoms with Crippen molar-refractivity contribution in [2.75, 3.05) is 33.4 Å². The molecule has 0 aliphatic rings. The molecule has 106 valence electrons. The number of nitrogens with one attached hydrogen (secondary N) is 3. The van der Waals surface area contributed by atoms with Crippen molar-refractivity contribution in [3.05, 3.63) is 0 Å². The van der Waals surface area contributed by atoms with Gasteiger partial charge in [0.15, 0.2) is 0 Å². The summed E-state index contributed by atoms with van der Waals surface area (Å²) in [5.74, 6) is 0.156. The first-order valence-corrected chi connectivity index (χ1v) is 6.23. The van der Waals surface area contributed by atoms with E-state index in [1.54, 1.807) is 7.11 Å². The van der Waals surface area contributed by atoms with Crippen LogP contribution in [0, 0.1) is 5.92 Å². The van der Waals surface area contributed by atoms with Crippen molar-refractivity contribution in [2.45, 2.75) is 26.8 Å². The number of methoxy groups -OCH3 is 1. The van der Waals surface area contributed by atoms with E-state index in [4.69, 9.17) is 4.74 Å². The molecule has 0 aromatic carbocycles. The zero-order valence-electron chi connectivity index (χ0n) is 11.7. The minimum atomic E-state index is -0.142. The first-order valence-electron chi connectivity index (χ1n) is 6.23. The summed E-state index contributed by atoms with van der Waals surface area (Å²) < 4.78 is 4.80. The average molecular weight is 259 g/mol. The van der Waals surface area contributed by atoms with Crippen LogP contribution in [0.1, 0.15) is 20.8 Å². The van der Waals surface area contributed by atoms with E-state index in [0.717, 1.165) is 0 Å². The topological polar surface area (TPSA) is 79.5 Å². The zero-order valence-corrected chi connectivity index (χ0v) is 11.7. The van der Waals surface area contributed by atoms with Gasteiger partial charge >= 0.3 is 0 Å². The summed E-state index contributed by atoms with van der Waals surface area (Å²) in [5.41, 5.74) is 0. The monoisotopic (exact) mass is 259 g/mol. The van der Waals surface area contributed by atoms with Crippen molar-refractivity contribution in [1.29, 1.82) is 0 Å². The lowest BCUT2D eigenvalue weighted by atomic mass is 10.1. The molecule has 0 aromatic heterocycles. The quantitative estimate of drug-likeness (QED) is 0.488. The van der Waals surface area contributed by atoms with Gasteiger partial charge < -0.3 is 15.4 Å². The summed E-state index contributed by atoms with van der Waals surface area (Å²) >= 11 is 0. The second-order valence-electron chi connectivity index (χ2n) is 4.55. The molecule has 0 rings (SSSR count). The number of hydrogen-bond donors (Lipinski definition) is 3. The lowest BCUT2D eigenvalue weighted by Gasteiger charge is -2.17. The molecule has 18 heavy (non-hydrogen) atoms. The van der Waals surface area contributed by atoms with Crippen LogP contribution in [-0.2, 0) is 14.3 Å². The summed E-state index contributed by atoms with van der Waals surface area (Å²) in [7, 11) is 1.57. The van der Waals surface area contributed by atoms with Gasteiger partial charge in [-0.1, -0.05) is 13.8 Å². The third kappa shape index (κ3) is 8.95. The van der Waals surface area contributed by atoms with Crippen LogP contribution in [-0.4, -0.2) is 51.2 Å². The van der Waals surface area contributed by atoms with Gasteiger partial charge in [-0.3, -0.25) is 14.9 Å². The molecular weight excluding hydrogens is 234 g/mol. The maximum absolute atomic E-state index is 11.5. The molecule has 0 saturated heterocycles. The van der Waals surface area contributed by atoms with Gasteiger partial charge in [0.05, 0.1) is 19.7 Å². The first kappa shape index (κ1) is 16.9. The number of carbonyl (C=O) groups is 2. The van der Waals surface area contributed by atoms with E-state index in [2.05, 4.69) is 16.0 Å². The van der Waals surface area contributed by atoms with Crippen LogP contribution in [0.3, 0.4) is 0 Å². The molecule has 0 saturated carbocycles. The largest absolute Gasteiger partial charge is 0.383 e. The smallest absolute Gasteiger partial charge is 0.234 e. The fraction of sp³-hybridized carbons (Fsp3) is 0.833. The Labute approximate surface area is 109 Å². The highest BCUT2D eigenvalue weighted by Crippen LogP contribution is 1.98. The zero-order chi connectivity index (χ0) is 14.0. The molecule has 0 heterocycles. The van der Waals surface area contributed by atoms with E-state index in [-0.39, 0.29) is 30.9 Å². The highest BCUT2D eigenvalue weighted by atomic mass is 16.5. The molecule has 6 nitrogen and oxygen atoms in total. The molecule has 1 unspecified atom stereocenters. The molecule has 0 aromatic rings. The molecule has 0 radical (unpaired) electrons. The van der Waals surface area contributed by atoms with Crippen LogP contribution in [0.25, 0.3) is 0 Å². The molecule has 0 fully saturated rings. The Bertz CT molecular complexity index is 257. The summed E-state index contributed by atoms with van der Waals surface area (Å²) in [4.78, 5) is 22.7. The molecule has 3 N–H and O–H groups in total. The van der Waals surface area contributed by atoms with Crippen molar-refractivity contribution in [1.82, 2.24) is 16.0 Å². The Kier molecular flexibility index (Phi) is 9.22. The molecular formula is C12H25N3O3. The first-order chi connectivity index (χ1) is 8.47. The van der Waals surface area contributed by atoms with E-state index in [0.29, 0.717) is 19.1 Å². The third-order valence-electron chi connectivity index (χ3n) is 2.59. The van der Waals surface area contributed by atoms with Crippen LogP contribution in [0.4, 0.5) is 0 Å². The van der Waals surface area contributed by atoms with Crippen LogP contribution >= 0.6 is 0 Å². The van der Waals surface area contributed by atoms with E-state index < -0.39 is 0 Å². The molecule has 0 bridgehead atoms. The van der Waals surface area contributed by atoms with Crippen molar-refractivity contribution in [2.24, 2.45) is 5.92 Å². The molecule has 6 heteroatoms. The lowest BCUT2D eigenvalue weighted by Crippen LogP contribution is -2.43. The van der Waals surface area contributed by atoms with Gasteiger partial charge in [0.25, 0.3) is 0 Å². The number of carbonyl (C=O) groups excluding carboxylic acids is 2. The van der Waals surface area contributed by atoms with Gasteiger partial charge in [0, 0.05) is 19.7 Å². The molecule has 0 aliphatic heterocycles. The SMILES string of the molecule is COCCNC(=O)CNCC(=O)NC(C)C(C)C. The van der Waals surface area contributed by atoms with Gasteiger partial charge in [-0.25, -0.2) is 0 Å². The maximum atomic E-state index is 11.5. The normalized spacial score (nSPS) is 12.3. The van der Waals surface area contributed by atoms with Gasteiger partial charge in [-0.05, 0) is 12.8 Å². The number of rotatable bonds is 9. The molecule has 2 amide bonds. The maximum Gasteiger partial charge on any atom is 0.234 e. The average Bonchev–Trinajstić information content (AvgIpc) is 2.29. The highest BCUT2D eigenvalue weighted by molar-refractivity contribution is 5.81. The number of ether oxygens (including phenoxy) is 1. The Morgan fingerprint density at radius 2 is 1.72 bits per heavy atom. The molecule has 0 spiro atoms. The van der Waals surface area contributed by atoms with Crippen molar-refractivity contribution in [3.63, 3.8) is 0 Å². The molecule has 0 aliphatic carbocycles. The van der Waals surface area contributed by atoms with Crippen molar-refractivity contribution >= 4 is 11.8 Å². The van der Waals surface area contributed by atoms with Crippen molar-refractivity contribution < 1.29 is 14.3 Å². The predicted molar refractivity (Wildman–Crippen MR) is 70.2 cm³/mol. The predicted octanol–water partition coefficient (Wildman–Crippen LogP) is -0.501. The third-order valence-corrected chi connectivity index (χ3v) is 2.59. The Morgan fingerprint density at radius 3 is 2.28 bits per heavy atom. The van der Waals surface area contributed by atoms with E-state index in [1.165, 1.54) is 0 Å². The van der Waals surface area contributed by atoms with E-state index in [9.17, 15) is 9.59 Å². The second-order valence-corrected chi connectivity index (χ2v) is 4.55. The Morgan fingerprint density at radius 1 is 1.11 bits per heavy atom. The summed E-state index contributed by atoms with van der Waals surface area (Å²) in [6.45, 7) is 7.29. The minimum Gasteiger partial charge on any atom is -0.383 e. The van der Waals surface area contributed by atoms with E-state index in [1.807, 2.05) is 20.8 Å². The van der Waals surface area contributed by atoms with Crippen molar-refractivity contribution in [3.8, 4) is 0 Å². The minimum absolute atomic E-state index is 0.0964. The summed E-state index contributed by atoms with van der Waals surface area (Å²) in [6, 6.07) is 0.134. The van der Waals surface area contributed by atoms with Crippen LogP contribution in [0.5, 0.6) is 0 Å². The van der Waals surface area contributed by atoms with Gasteiger partial charge in [0.2, 0.25) is 11.8 Å². The van der Waals surface area contributed by atoms with Gasteiger partial charge in [-0.2, -0.15) is 0 Å². The van der Waals surface area contributed by atoms with Crippen LogP contribution in [0.2, 0.25) is 0 Å². The van der Waals surface area contributed by atoms with Gasteiger partial charge in [-0.15, -0.1) is 0 Å². The summed E-state index contributed by atoms with van der Waals surface area (Å²) in [6.07, 6.45) is 0. The fourth-order valence-electron chi connectivity index (χ4n) is 1.12.